The van der Waals surface area contributed by atoms with Crippen LogP contribution in [0.1, 0.15) is 5.69 Å². The first-order valence-corrected chi connectivity index (χ1v) is 9.82. The van der Waals surface area contributed by atoms with Gasteiger partial charge in [0.2, 0.25) is 0 Å². The lowest BCUT2D eigenvalue weighted by atomic mass is 10.0. The molecule has 0 atom stereocenters. The van der Waals surface area contributed by atoms with Gasteiger partial charge < -0.3 is 15.3 Å². The molecule has 32 heavy (non-hydrogen) atoms. The van der Waals surface area contributed by atoms with E-state index in [0.29, 0.717) is 50.4 Å². The molecule has 0 saturated carbocycles. The number of H-pyrrole nitrogens is 2. The quantitative estimate of drug-likeness (QED) is 0.396. The van der Waals surface area contributed by atoms with Gasteiger partial charge in [0, 0.05) is 35.9 Å². The number of hydrogen-bond acceptors (Lipinski definition) is 6. The summed E-state index contributed by atoms with van der Waals surface area (Å²) in [5, 5.41) is 7.54. The molecule has 156 valence electrons. The molecule has 4 N–H and O–H groups in total. The SMILES string of the molecule is Cc1cn(-c2ccnc3nc(-c4n[nH]c5ccc(-c6cncc(N)c6)c(F)c45)[nH]c23)cn1. The van der Waals surface area contributed by atoms with Gasteiger partial charge in [-0.2, -0.15) is 5.10 Å². The molecular weight excluding hydrogens is 409 g/mol. The molecule has 5 heterocycles. The van der Waals surface area contributed by atoms with E-state index >= 15 is 4.39 Å². The van der Waals surface area contributed by atoms with Crippen molar-refractivity contribution in [2.24, 2.45) is 0 Å². The fourth-order valence-electron chi connectivity index (χ4n) is 3.85. The molecule has 6 rings (SSSR count). The van der Waals surface area contributed by atoms with E-state index in [4.69, 9.17) is 5.73 Å². The number of nitrogens with two attached hydrogens (primary N) is 1. The second-order valence-corrected chi connectivity index (χ2v) is 7.47. The highest BCUT2D eigenvalue weighted by molar-refractivity contribution is 5.96. The summed E-state index contributed by atoms with van der Waals surface area (Å²) in [6, 6.07) is 6.99. The molecule has 0 radical (unpaired) electrons. The molecule has 0 spiro atoms. The largest absolute Gasteiger partial charge is 0.397 e. The Hall–Kier alpha value is -4.60. The standard InChI is InChI=1S/C22H16FN9/c1-11-9-32(10-27-11)16-4-5-26-21-19(16)28-22(29-21)20-17-15(30-31-20)3-2-14(18(17)23)12-6-13(24)8-25-7-12/h2-10H,24H2,1H3,(H,30,31)(H,26,28,29). The lowest BCUT2D eigenvalue weighted by molar-refractivity contribution is 0.643. The van der Waals surface area contributed by atoms with Crippen LogP contribution in [0.3, 0.4) is 0 Å². The Labute approximate surface area is 180 Å². The number of nitrogens with one attached hydrogen (secondary N) is 2. The summed E-state index contributed by atoms with van der Waals surface area (Å²) in [4.78, 5) is 20.5. The van der Waals surface area contributed by atoms with Crippen LogP contribution in [-0.4, -0.2) is 39.7 Å². The molecule has 0 amide bonds. The highest BCUT2D eigenvalue weighted by atomic mass is 19.1. The van der Waals surface area contributed by atoms with E-state index < -0.39 is 5.82 Å². The topological polar surface area (TPSA) is 127 Å². The fourth-order valence-corrected chi connectivity index (χ4v) is 3.85. The van der Waals surface area contributed by atoms with Crippen molar-refractivity contribution in [1.82, 2.24) is 39.7 Å². The summed E-state index contributed by atoms with van der Waals surface area (Å²) in [5.41, 5.74) is 11.1. The van der Waals surface area contributed by atoms with Crippen molar-refractivity contribution in [3.05, 3.63) is 66.9 Å². The maximum atomic E-state index is 15.7. The van der Waals surface area contributed by atoms with Crippen molar-refractivity contribution in [2.45, 2.75) is 6.92 Å². The molecule has 0 aliphatic carbocycles. The third-order valence-corrected chi connectivity index (χ3v) is 5.32. The smallest absolute Gasteiger partial charge is 0.180 e. The van der Waals surface area contributed by atoms with E-state index in [2.05, 4.69) is 35.1 Å². The monoisotopic (exact) mass is 425 g/mol. The van der Waals surface area contributed by atoms with Gasteiger partial charge >= 0.3 is 0 Å². The molecular formula is C22H16FN9. The first-order chi connectivity index (χ1) is 15.6. The van der Waals surface area contributed by atoms with Crippen LogP contribution in [0.5, 0.6) is 0 Å². The molecule has 0 saturated heterocycles. The van der Waals surface area contributed by atoms with Gasteiger partial charge in [-0.25, -0.2) is 19.3 Å². The number of imidazole rings is 2. The molecule has 6 aromatic rings. The highest BCUT2D eigenvalue weighted by Gasteiger charge is 2.20. The molecule has 0 unspecified atom stereocenters. The Bertz CT molecular complexity index is 1630. The number of fused-ring (bicyclic) bond motifs is 2. The minimum atomic E-state index is -0.433. The summed E-state index contributed by atoms with van der Waals surface area (Å²) in [6.07, 6.45) is 8.39. The Morgan fingerprint density at radius 2 is 2.03 bits per heavy atom. The number of hydrogen-bond donors (Lipinski definition) is 3. The van der Waals surface area contributed by atoms with Crippen molar-refractivity contribution in [3.8, 4) is 28.3 Å². The number of nitrogens with zero attached hydrogens (tertiary/aromatic N) is 6. The van der Waals surface area contributed by atoms with Crippen LogP contribution in [0.4, 0.5) is 10.1 Å². The second kappa shape index (κ2) is 6.71. The number of anilines is 1. The number of aromatic amines is 2. The van der Waals surface area contributed by atoms with E-state index in [1.165, 1.54) is 6.20 Å². The molecule has 9 nitrogen and oxygen atoms in total. The van der Waals surface area contributed by atoms with Gasteiger partial charge in [0.1, 0.15) is 17.0 Å². The Kier molecular flexibility index (Phi) is 3.81. The molecule has 10 heteroatoms. The normalized spacial score (nSPS) is 11.6. The third-order valence-electron chi connectivity index (χ3n) is 5.32. The van der Waals surface area contributed by atoms with Crippen molar-refractivity contribution in [3.63, 3.8) is 0 Å². The molecule has 5 aromatic heterocycles. The van der Waals surface area contributed by atoms with Crippen LogP contribution in [-0.2, 0) is 0 Å². The number of pyridine rings is 2. The van der Waals surface area contributed by atoms with Gasteiger partial charge in [-0.3, -0.25) is 10.1 Å². The zero-order valence-electron chi connectivity index (χ0n) is 16.8. The van der Waals surface area contributed by atoms with E-state index in [-0.39, 0.29) is 0 Å². The van der Waals surface area contributed by atoms with Gasteiger partial charge in [0.05, 0.1) is 34.3 Å². The zero-order valence-corrected chi connectivity index (χ0v) is 16.8. The third kappa shape index (κ3) is 2.73. The van der Waals surface area contributed by atoms with Gasteiger partial charge in [-0.1, -0.05) is 0 Å². The number of aromatic nitrogens is 8. The van der Waals surface area contributed by atoms with Gasteiger partial charge in [0.25, 0.3) is 0 Å². The highest BCUT2D eigenvalue weighted by Crippen LogP contribution is 2.34. The van der Waals surface area contributed by atoms with Crippen LogP contribution >= 0.6 is 0 Å². The van der Waals surface area contributed by atoms with Crippen molar-refractivity contribution in [2.75, 3.05) is 5.73 Å². The summed E-state index contributed by atoms with van der Waals surface area (Å²) in [5.74, 6) is -0.0256. The van der Waals surface area contributed by atoms with Gasteiger partial charge in [0.15, 0.2) is 11.5 Å². The van der Waals surface area contributed by atoms with Gasteiger partial charge in [-0.15, -0.1) is 0 Å². The van der Waals surface area contributed by atoms with E-state index in [0.717, 1.165) is 11.4 Å². The predicted molar refractivity (Wildman–Crippen MR) is 118 cm³/mol. The Balaban J connectivity index is 1.55. The predicted octanol–water partition coefficient (Wildman–Crippen LogP) is 3.78. The van der Waals surface area contributed by atoms with Crippen molar-refractivity contribution in [1.29, 1.82) is 0 Å². The molecule has 0 bridgehead atoms. The van der Waals surface area contributed by atoms with E-state index in [1.807, 2.05) is 23.8 Å². The number of nitrogen functional groups attached to an aromatic ring is 1. The Morgan fingerprint density at radius 3 is 2.84 bits per heavy atom. The molecule has 1 aromatic carbocycles. The van der Waals surface area contributed by atoms with Crippen LogP contribution in [0.15, 0.2) is 55.4 Å². The fraction of sp³-hybridized carbons (Fsp3) is 0.0455. The van der Waals surface area contributed by atoms with E-state index in [1.54, 1.807) is 36.9 Å². The lowest BCUT2D eigenvalue weighted by Crippen LogP contribution is -1.92. The lowest BCUT2D eigenvalue weighted by Gasteiger charge is -2.05. The summed E-state index contributed by atoms with van der Waals surface area (Å²) in [7, 11) is 0. The van der Waals surface area contributed by atoms with Crippen molar-refractivity contribution < 1.29 is 4.39 Å². The molecule has 0 fully saturated rings. The average molecular weight is 425 g/mol. The number of aryl methyl sites for hydroxylation is 1. The van der Waals surface area contributed by atoms with Crippen LogP contribution in [0, 0.1) is 12.7 Å². The van der Waals surface area contributed by atoms with Crippen LogP contribution < -0.4 is 5.73 Å². The number of rotatable bonds is 3. The number of benzene rings is 1. The summed E-state index contributed by atoms with van der Waals surface area (Å²) < 4.78 is 17.6. The summed E-state index contributed by atoms with van der Waals surface area (Å²) >= 11 is 0. The zero-order chi connectivity index (χ0) is 21.8. The maximum Gasteiger partial charge on any atom is 0.180 e. The minimum Gasteiger partial charge on any atom is -0.397 e. The van der Waals surface area contributed by atoms with Crippen LogP contribution in [0.2, 0.25) is 0 Å². The Morgan fingerprint density at radius 1 is 1.12 bits per heavy atom. The summed E-state index contributed by atoms with van der Waals surface area (Å²) in [6.45, 7) is 1.92. The average Bonchev–Trinajstić information content (AvgIpc) is 3.51. The minimum absolute atomic E-state index is 0.323. The van der Waals surface area contributed by atoms with Crippen molar-refractivity contribution >= 4 is 27.8 Å². The first-order valence-electron chi connectivity index (χ1n) is 9.82. The first kappa shape index (κ1) is 18.2. The molecule has 0 aliphatic rings. The second-order valence-electron chi connectivity index (χ2n) is 7.47. The van der Waals surface area contributed by atoms with Gasteiger partial charge in [-0.05, 0) is 31.2 Å². The van der Waals surface area contributed by atoms with E-state index in [9.17, 15) is 0 Å². The number of halogens is 1. The van der Waals surface area contributed by atoms with Crippen LogP contribution in [0.25, 0.3) is 50.4 Å². The maximum absolute atomic E-state index is 15.7. The molecule has 0 aliphatic heterocycles.